The molecule has 0 aliphatic heterocycles. The van der Waals surface area contributed by atoms with Crippen molar-refractivity contribution >= 4 is 6.08 Å². The van der Waals surface area contributed by atoms with Gasteiger partial charge in [-0.25, -0.2) is 8.78 Å². The predicted octanol–water partition coefficient (Wildman–Crippen LogP) is 2.66. The summed E-state index contributed by atoms with van der Waals surface area (Å²) in [4.78, 5) is 3.72. The van der Waals surface area contributed by atoms with E-state index in [0.717, 1.165) is 6.20 Å². The summed E-state index contributed by atoms with van der Waals surface area (Å²) in [6.45, 7) is 3.46. The minimum atomic E-state index is -2.44. The molecule has 0 bridgehead atoms. The van der Waals surface area contributed by atoms with Gasteiger partial charge < -0.3 is 0 Å². The second-order valence-electron chi connectivity index (χ2n) is 2.02. The average molecular weight is 155 g/mol. The minimum absolute atomic E-state index is 0.0596. The van der Waals surface area contributed by atoms with Crippen LogP contribution in [-0.4, -0.2) is 4.98 Å². The van der Waals surface area contributed by atoms with Crippen molar-refractivity contribution in [2.45, 2.75) is 6.43 Å². The van der Waals surface area contributed by atoms with Crippen LogP contribution in [0.1, 0.15) is 17.7 Å². The molecule has 0 amide bonds. The van der Waals surface area contributed by atoms with Crippen molar-refractivity contribution in [3.05, 3.63) is 36.2 Å². The van der Waals surface area contributed by atoms with Crippen LogP contribution in [0.25, 0.3) is 6.08 Å². The van der Waals surface area contributed by atoms with Gasteiger partial charge in [0.05, 0.1) is 5.69 Å². The van der Waals surface area contributed by atoms with Gasteiger partial charge in [-0.05, 0) is 18.2 Å². The highest BCUT2D eigenvalue weighted by atomic mass is 19.3. The summed E-state index contributed by atoms with van der Waals surface area (Å²) in [5.41, 5.74) is 0.546. The lowest BCUT2D eigenvalue weighted by Crippen LogP contribution is -1.86. The summed E-state index contributed by atoms with van der Waals surface area (Å²) < 4.78 is 23.9. The first kappa shape index (κ1) is 7.85. The maximum atomic E-state index is 11.9. The Morgan fingerprint density at radius 2 is 2.18 bits per heavy atom. The van der Waals surface area contributed by atoms with Gasteiger partial charge >= 0.3 is 0 Å². The van der Waals surface area contributed by atoms with Gasteiger partial charge in [0.15, 0.2) is 0 Å². The normalized spacial score (nSPS) is 10.1. The molecule has 0 spiro atoms. The standard InChI is InChI=1S/C8H7F2N/c1-2-7-4-3-6(5-11-7)8(9)10/h2-5,8H,1H2. The van der Waals surface area contributed by atoms with Gasteiger partial charge in [-0.15, -0.1) is 0 Å². The van der Waals surface area contributed by atoms with Crippen molar-refractivity contribution in [2.75, 3.05) is 0 Å². The van der Waals surface area contributed by atoms with Crippen molar-refractivity contribution in [3.8, 4) is 0 Å². The zero-order valence-electron chi connectivity index (χ0n) is 5.80. The van der Waals surface area contributed by atoms with Crippen LogP contribution in [0.2, 0.25) is 0 Å². The van der Waals surface area contributed by atoms with Gasteiger partial charge in [-0.2, -0.15) is 0 Å². The van der Waals surface area contributed by atoms with E-state index in [4.69, 9.17) is 0 Å². The van der Waals surface area contributed by atoms with Gasteiger partial charge in [-0.3, -0.25) is 4.98 Å². The molecule has 1 aromatic rings. The first-order chi connectivity index (χ1) is 5.24. The Labute approximate surface area is 63.4 Å². The summed E-state index contributed by atoms with van der Waals surface area (Å²) >= 11 is 0. The van der Waals surface area contributed by atoms with E-state index < -0.39 is 6.43 Å². The SMILES string of the molecule is C=Cc1ccc(C(F)F)cn1. The topological polar surface area (TPSA) is 12.9 Å². The quantitative estimate of drug-likeness (QED) is 0.639. The Kier molecular flexibility index (Phi) is 2.31. The Morgan fingerprint density at radius 1 is 1.45 bits per heavy atom. The van der Waals surface area contributed by atoms with E-state index in [9.17, 15) is 8.78 Å². The smallest absolute Gasteiger partial charge is 0.256 e. The zero-order valence-corrected chi connectivity index (χ0v) is 5.80. The van der Waals surface area contributed by atoms with Crippen molar-refractivity contribution in [1.29, 1.82) is 0 Å². The lowest BCUT2D eigenvalue weighted by molar-refractivity contribution is 0.151. The summed E-state index contributed by atoms with van der Waals surface area (Å²) in [5.74, 6) is 0. The largest absolute Gasteiger partial charge is 0.265 e. The van der Waals surface area contributed by atoms with Crippen LogP contribution in [0.5, 0.6) is 0 Å². The van der Waals surface area contributed by atoms with Gasteiger partial charge in [0.2, 0.25) is 0 Å². The number of rotatable bonds is 2. The molecule has 0 unspecified atom stereocenters. The third-order valence-corrected chi connectivity index (χ3v) is 1.27. The van der Waals surface area contributed by atoms with Crippen LogP contribution < -0.4 is 0 Å². The van der Waals surface area contributed by atoms with Crippen LogP contribution in [-0.2, 0) is 0 Å². The molecule has 0 aliphatic carbocycles. The third-order valence-electron chi connectivity index (χ3n) is 1.27. The molecule has 0 fully saturated rings. The average Bonchev–Trinajstić information content (AvgIpc) is 2.05. The molecule has 1 heterocycles. The molecule has 3 heteroatoms. The molecule has 0 saturated heterocycles. The van der Waals surface area contributed by atoms with Crippen LogP contribution in [0, 0.1) is 0 Å². The summed E-state index contributed by atoms with van der Waals surface area (Å²) in [6, 6.07) is 2.85. The molecule has 0 saturated carbocycles. The minimum Gasteiger partial charge on any atom is -0.256 e. The molecule has 58 valence electrons. The maximum Gasteiger partial charge on any atom is 0.265 e. The summed E-state index contributed by atoms with van der Waals surface area (Å²) in [6.07, 6.45) is 0.220. The molecule has 0 aliphatic rings. The molecule has 0 N–H and O–H groups in total. The predicted molar refractivity (Wildman–Crippen MR) is 39.3 cm³/mol. The van der Waals surface area contributed by atoms with E-state index >= 15 is 0 Å². The molecular weight excluding hydrogens is 148 g/mol. The third kappa shape index (κ3) is 1.83. The number of hydrogen-bond acceptors (Lipinski definition) is 1. The summed E-state index contributed by atoms with van der Waals surface area (Å²) in [7, 11) is 0. The number of pyridine rings is 1. The van der Waals surface area contributed by atoms with E-state index in [1.807, 2.05) is 0 Å². The van der Waals surface area contributed by atoms with Crippen LogP contribution in [0.15, 0.2) is 24.9 Å². The fourth-order valence-corrected chi connectivity index (χ4v) is 0.667. The van der Waals surface area contributed by atoms with Gasteiger partial charge in [0.1, 0.15) is 0 Å². The number of hydrogen-bond donors (Lipinski definition) is 0. The van der Waals surface area contributed by atoms with E-state index in [-0.39, 0.29) is 5.56 Å². The molecule has 11 heavy (non-hydrogen) atoms. The fraction of sp³-hybridized carbons (Fsp3) is 0.125. The van der Waals surface area contributed by atoms with E-state index in [1.54, 1.807) is 0 Å². The van der Waals surface area contributed by atoms with Crippen molar-refractivity contribution in [1.82, 2.24) is 4.98 Å². The second-order valence-corrected chi connectivity index (χ2v) is 2.02. The van der Waals surface area contributed by atoms with Crippen LogP contribution in [0.3, 0.4) is 0 Å². The molecule has 0 aromatic carbocycles. The van der Waals surface area contributed by atoms with Crippen molar-refractivity contribution in [3.63, 3.8) is 0 Å². The highest BCUT2D eigenvalue weighted by Gasteiger charge is 2.05. The first-order valence-electron chi connectivity index (χ1n) is 3.10. The van der Waals surface area contributed by atoms with E-state index in [2.05, 4.69) is 11.6 Å². The van der Waals surface area contributed by atoms with Crippen molar-refractivity contribution in [2.24, 2.45) is 0 Å². The fourth-order valence-electron chi connectivity index (χ4n) is 0.667. The highest BCUT2D eigenvalue weighted by Crippen LogP contribution is 2.17. The molecule has 1 nitrogen and oxygen atoms in total. The van der Waals surface area contributed by atoms with Gasteiger partial charge in [-0.1, -0.05) is 6.58 Å². The van der Waals surface area contributed by atoms with Crippen LogP contribution >= 0.6 is 0 Å². The number of alkyl halides is 2. The Balaban J connectivity index is 2.91. The molecular formula is C8H7F2N. The molecule has 1 rings (SSSR count). The Bertz CT molecular complexity index is 241. The molecule has 1 aromatic heterocycles. The van der Waals surface area contributed by atoms with Gasteiger partial charge in [0, 0.05) is 11.8 Å². The van der Waals surface area contributed by atoms with Crippen molar-refractivity contribution < 1.29 is 8.78 Å². The van der Waals surface area contributed by atoms with Gasteiger partial charge in [0.25, 0.3) is 6.43 Å². The lowest BCUT2D eigenvalue weighted by atomic mass is 10.2. The maximum absolute atomic E-state index is 11.9. The first-order valence-corrected chi connectivity index (χ1v) is 3.10. The Morgan fingerprint density at radius 3 is 2.55 bits per heavy atom. The number of aromatic nitrogens is 1. The van der Waals surface area contributed by atoms with E-state index in [0.29, 0.717) is 5.69 Å². The molecule has 0 radical (unpaired) electrons. The highest BCUT2D eigenvalue weighted by molar-refractivity contribution is 5.41. The number of nitrogens with zero attached hydrogens (tertiary/aromatic N) is 1. The molecule has 0 atom stereocenters. The lowest BCUT2D eigenvalue weighted by Gasteiger charge is -1.97. The monoisotopic (exact) mass is 155 g/mol. The zero-order chi connectivity index (χ0) is 8.27. The summed E-state index contributed by atoms with van der Waals surface area (Å²) in [5, 5.41) is 0. The Hall–Kier alpha value is -1.25. The number of halogens is 2. The second kappa shape index (κ2) is 3.23. The van der Waals surface area contributed by atoms with Crippen LogP contribution in [0.4, 0.5) is 8.78 Å². The van der Waals surface area contributed by atoms with E-state index in [1.165, 1.54) is 18.2 Å².